The number of nitrogens with one attached hydrogen (secondary N) is 2. The minimum Gasteiger partial charge on any atom is -0.494 e. The number of nitrogens with zero attached hydrogens (tertiary/aromatic N) is 2. The van der Waals surface area contributed by atoms with Crippen molar-refractivity contribution in [2.24, 2.45) is 4.99 Å². The van der Waals surface area contributed by atoms with Crippen LogP contribution in [0.3, 0.4) is 0 Å². The van der Waals surface area contributed by atoms with E-state index in [-0.39, 0.29) is 0 Å². The fourth-order valence-corrected chi connectivity index (χ4v) is 3.28. The predicted molar refractivity (Wildman–Crippen MR) is 111 cm³/mol. The Labute approximate surface area is 161 Å². The van der Waals surface area contributed by atoms with Gasteiger partial charge in [-0.15, -0.1) is 11.3 Å². The van der Waals surface area contributed by atoms with Gasteiger partial charge in [-0.05, 0) is 62.1 Å². The van der Waals surface area contributed by atoms with Gasteiger partial charge in [0.2, 0.25) is 0 Å². The van der Waals surface area contributed by atoms with Gasteiger partial charge in [0.25, 0.3) is 0 Å². The SMILES string of the molecule is CN=C(NCc1ccc(OCCCN(C)C)cc1)NCc1sccc1C. The van der Waals surface area contributed by atoms with Gasteiger partial charge in [0, 0.05) is 25.0 Å². The van der Waals surface area contributed by atoms with E-state index in [1.165, 1.54) is 16.0 Å². The van der Waals surface area contributed by atoms with E-state index in [1.54, 1.807) is 18.4 Å². The highest BCUT2D eigenvalue weighted by atomic mass is 32.1. The van der Waals surface area contributed by atoms with E-state index in [2.05, 4.69) is 65.1 Å². The molecule has 0 spiro atoms. The molecule has 1 aromatic heterocycles. The number of aryl methyl sites for hydroxylation is 1. The molecule has 0 radical (unpaired) electrons. The molecule has 1 heterocycles. The lowest BCUT2D eigenvalue weighted by molar-refractivity contribution is 0.281. The second-order valence-electron chi connectivity index (χ2n) is 6.46. The van der Waals surface area contributed by atoms with Crippen molar-refractivity contribution in [2.45, 2.75) is 26.4 Å². The zero-order valence-corrected chi connectivity index (χ0v) is 17.0. The summed E-state index contributed by atoms with van der Waals surface area (Å²) < 4.78 is 5.77. The lowest BCUT2D eigenvalue weighted by atomic mass is 10.2. The van der Waals surface area contributed by atoms with Gasteiger partial charge in [0.1, 0.15) is 5.75 Å². The molecule has 0 fully saturated rings. The van der Waals surface area contributed by atoms with Crippen molar-refractivity contribution in [1.82, 2.24) is 15.5 Å². The fourth-order valence-electron chi connectivity index (χ4n) is 2.43. The summed E-state index contributed by atoms with van der Waals surface area (Å²) in [6, 6.07) is 10.4. The van der Waals surface area contributed by atoms with Gasteiger partial charge in [-0.2, -0.15) is 0 Å². The number of hydrogen-bond acceptors (Lipinski definition) is 4. The van der Waals surface area contributed by atoms with Crippen molar-refractivity contribution in [3.8, 4) is 5.75 Å². The lowest BCUT2D eigenvalue weighted by Crippen LogP contribution is -2.36. The number of thiophene rings is 1. The first-order valence-corrected chi connectivity index (χ1v) is 9.80. The summed E-state index contributed by atoms with van der Waals surface area (Å²) in [7, 11) is 5.94. The van der Waals surface area contributed by atoms with Crippen LogP contribution >= 0.6 is 11.3 Å². The number of ether oxygens (including phenoxy) is 1. The quantitative estimate of drug-likeness (QED) is 0.402. The van der Waals surface area contributed by atoms with Crippen LogP contribution in [0.2, 0.25) is 0 Å². The summed E-state index contributed by atoms with van der Waals surface area (Å²) in [6.45, 7) is 5.44. The van der Waals surface area contributed by atoms with E-state index in [0.29, 0.717) is 0 Å². The van der Waals surface area contributed by atoms with Crippen molar-refractivity contribution in [2.75, 3.05) is 34.3 Å². The maximum atomic E-state index is 5.77. The predicted octanol–water partition coefficient (Wildman–Crippen LogP) is 3.25. The molecule has 0 saturated heterocycles. The monoisotopic (exact) mass is 374 g/mol. The van der Waals surface area contributed by atoms with Crippen LogP contribution in [0, 0.1) is 6.92 Å². The van der Waals surface area contributed by atoms with Crippen LogP contribution in [0.4, 0.5) is 0 Å². The molecule has 2 rings (SSSR count). The first-order valence-electron chi connectivity index (χ1n) is 8.92. The molecule has 0 bridgehead atoms. The Morgan fingerprint density at radius 1 is 1.12 bits per heavy atom. The van der Waals surface area contributed by atoms with Gasteiger partial charge >= 0.3 is 0 Å². The fraction of sp³-hybridized carbons (Fsp3) is 0.450. The Morgan fingerprint density at radius 2 is 1.85 bits per heavy atom. The van der Waals surface area contributed by atoms with Crippen molar-refractivity contribution in [3.63, 3.8) is 0 Å². The van der Waals surface area contributed by atoms with Gasteiger partial charge in [-0.3, -0.25) is 4.99 Å². The Kier molecular flexibility index (Phi) is 8.44. The Hall–Kier alpha value is -2.05. The molecule has 5 nitrogen and oxygen atoms in total. The molecular formula is C20H30N4OS. The van der Waals surface area contributed by atoms with Crippen LogP contribution in [0.25, 0.3) is 0 Å². The zero-order chi connectivity index (χ0) is 18.8. The van der Waals surface area contributed by atoms with E-state index < -0.39 is 0 Å². The molecule has 0 aliphatic carbocycles. The van der Waals surface area contributed by atoms with E-state index in [1.807, 2.05) is 12.1 Å². The highest BCUT2D eigenvalue weighted by Gasteiger charge is 2.03. The minimum atomic E-state index is 0.726. The first-order chi connectivity index (χ1) is 12.6. The number of rotatable bonds is 9. The van der Waals surface area contributed by atoms with Gasteiger partial charge in [-0.25, -0.2) is 0 Å². The van der Waals surface area contributed by atoms with Gasteiger partial charge < -0.3 is 20.3 Å². The summed E-state index contributed by atoms with van der Waals surface area (Å²) in [5.41, 5.74) is 2.51. The van der Waals surface area contributed by atoms with Gasteiger partial charge in [-0.1, -0.05) is 12.1 Å². The van der Waals surface area contributed by atoms with Crippen LogP contribution in [-0.2, 0) is 13.1 Å². The maximum Gasteiger partial charge on any atom is 0.191 e. The largest absolute Gasteiger partial charge is 0.494 e. The number of benzene rings is 1. The third kappa shape index (κ3) is 7.06. The average Bonchev–Trinajstić information content (AvgIpc) is 3.05. The molecular weight excluding hydrogens is 344 g/mol. The Bertz CT molecular complexity index is 679. The van der Waals surface area contributed by atoms with Crippen LogP contribution in [-0.4, -0.2) is 45.2 Å². The highest BCUT2D eigenvalue weighted by molar-refractivity contribution is 7.10. The van der Waals surface area contributed by atoms with E-state index in [9.17, 15) is 0 Å². The van der Waals surface area contributed by atoms with Crippen LogP contribution in [0.1, 0.15) is 22.4 Å². The van der Waals surface area contributed by atoms with E-state index >= 15 is 0 Å². The summed E-state index contributed by atoms with van der Waals surface area (Å²) in [4.78, 5) is 7.79. The molecule has 6 heteroatoms. The Morgan fingerprint density at radius 3 is 2.46 bits per heavy atom. The molecule has 0 aliphatic heterocycles. The molecule has 142 valence electrons. The van der Waals surface area contributed by atoms with E-state index in [4.69, 9.17) is 4.74 Å². The second kappa shape index (κ2) is 10.8. The minimum absolute atomic E-state index is 0.726. The third-order valence-electron chi connectivity index (χ3n) is 4.01. The number of hydrogen-bond donors (Lipinski definition) is 2. The van der Waals surface area contributed by atoms with Gasteiger partial charge in [0.15, 0.2) is 5.96 Å². The third-order valence-corrected chi connectivity index (χ3v) is 5.03. The highest BCUT2D eigenvalue weighted by Crippen LogP contribution is 2.15. The Balaban J connectivity index is 1.73. The van der Waals surface area contributed by atoms with Crippen LogP contribution in [0.5, 0.6) is 5.75 Å². The maximum absolute atomic E-state index is 5.77. The summed E-state index contributed by atoms with van der Waals surface area (Å²) in [5.74, 6) is 1.73. The van der Waals surface area contributed by atoms with Crippen LogP contribution in [0.15, 0.2) is 40.7 Å². The molecule has 0 aliphatic rings. The molecule has 0 atom stereocenters. The van der Waals surface area contributed by atoms with Crippen molar-refractivity contribution in [1.29, 1.82) is 0 Å². The standard InChI is InChI=1S/C20H30N4OS/c1-16-10-13-26-19(16)15-23-20(21-2)22-14-17-6-8-18(9-7-17)25-12-5-11-24(3)4/h6-10,13H,5,11-12,14-15H2,1-4H3,(H2,21,22,23). The summed E-state index contributed by atoms with van der Waals surface area (Å²) in [5, 5.41) is 8.83. The summed E-state index contributed by atoms with van der Waals surface area (Å²) >= 11 is 1.77. The lowest BCUT2D eigenvalue weighted by Gasteiger charge is -2.13. The average molecular weight is 375 g/mol. The summed E-state index contributed by atoms with van der Waals surface area (Å²) in [6.07, 6.45) is 1.03. The van der Waals surface area contributed by atoms with E-state index in [0.717, 1.165) is 44.4 Å². The smallest absolute Gasteiger partial charge is 0.191 e. The number of aliphatic imine (C=N–C) groups is 1. The molecule has 0 saturated carbocycles. The molecule has 2 N–H and O–H groups in total. The van der Waals surface area contributed by atoms with Crippen molar-refractivity contribution >= 4 is 17.3 Å². The normalized spacial score (nSPS) is 11.7. The second-order valence-corrected chi connectivity index (χ2v) is 7.46. The van der Waals surface area contributed by atoms with Crippen molar-refractivity contribution in [3.05, 3.63) is 51.7 Å². The van der Waals surface area contributed by atoms with Crippen LogP contribution < -0.4 is 15.4 Å². The molecule has 0 amide bonds. The molecule has 2 aromatic rings. The van der Waals surface area contributed by atoms with Gasteiger partial charge in [0.05, 0.1) is 13.2 Å². The zero-order valence-electron chi connectivity index (χ0n) is 16.2. The molecule has 26 heavy (non-hydrogen) atoms. The molecule has 0 unspecified atom stereocenters. The van der Waals surface area contributed by atoms with Crippen molar-refractivity contribution < 1.29 is 4.74 Å². The first kappa shape index (κ1) is 20.3. The number of guanidine groups is 1. The molecule has 1 aromatic carbocycles. The topological polar surface area (TPSA) is 48.9 Å².